The normalized spacial score (nSPS) is 4.71. The van der Waals surface area contributed by atoms with E-state index in [1.54, 1.807) is 22.9 Å². The Bertz CT molecular complexity index is 961. The number of nitrogens with one attached hydrogen (secondary N) is 1. The average molecular weight is 374 g/mol. The van der Waals surface area contributed by atoms with Crippen LogP contribution >= 0.6 is 22.9 Å². The van der Waals surface area contributed by atoms with Gasteiger partial charge in [-0.25, -0.2) is 5.92 Å². The first-order valence-electron chi connectivity index (χ1n) is 5.44. The summed E-state index contributed by atoms with van der Waals surface area (Å²) in [7, 11) is 0. The van der Waals surface area contributed by atoms with Crippen molar-refractivity contribution in [3.63, 3.8) is 0 Å². The number of hydrogen-bond donors (Lipinski definition) is 1. The van der Waals surface area contributed by atoms with Crippen molar-refractivity contribution in [2.75, 3.05) is 0 Å². The van der Waals surface area contributed by atoms with Gasteiger partial charge in [-0.05, 0) is 41.4 Å². The van der Waals surface area contributed by atoms with Gasteiger partial charge in [0.15, 0.2) is 1.41 Å². The summed E-state index contributed by atoms with van der Waals surface area (Å²) < 4.78 is 7.86. The molecule has 0 saturated heterocycles. The molecule has 0 heterocycles. The highest BCUT2D eigenvalue weighted by Crippen LogP contribution is 1.61. The lowest BCUT2D eigenvalue weighted by atomic mass is 10.5. The van der Waals surface area contributed by atoms with Gasteiger partial charge in [-0.2, -0.15) is 6.92 Å². The van der Waals surface area contributed by atoms with Crippen LogP contribution in [0.3, 0.4) is 0 Å². The fourth-order valence-corrected chi connectivity index (χ4v) is 0.651. The van der Waals surface area contributed by atoms with Crippen molar-refractivity contribution in [3.8, 4) is 107 Å². The molecule has 0 spiro atoms. The van der Waals surface area contributed by atoms with Crippen molar-refractivity contribution in [1.82, 2.24) is 3.52 Å². The SMILES string of the molecule is [3H]N(I)C#CC#CC#CC#CC#CC#CC#CC#CC#C[CH2-]. The smallest absolute Gasteiger partial charge is 0.183 e. The summed E-state index contributed by atoms with van der Waals surface area (Å²) in [6.07, 6.45) is 0. The maximum atomic E-state index is 6.94. The lowest BCUT2D eigenvalue weighted by Crippen LogP contribution is -1.77. The van der Waals surface area contributed by atoms with Crippen molar-refractivity contribution < 1.29 is 1.41 Å². The maximum absolute atomic E-state index is 6.94. The van der Waals surface area contributed by atoms with E-state index >= 15 is 0 Å². The standard InChI is InChI=1S/C19H3IN/c1-2-3-4-5-6-7-8-9-10-11-12-13-14-15-16-17-18-19-21-20/h21H,1H2/q-1/i/hT. The first-order chi connectivity index (χ1) is 10.8. The molecule has 0 radical (unpaired) electrons. The molecular formula is C19H3IN-. The Morgan fingerprint density at radius 2 is 0.857 bits per heavy atom. The summed E-state index contributed by atoms with van der Waals surface area (Å²) in [4.78, 5) is 0. The highest BCUT2D eigenvalue weighted by Gasteiger charge is 1.58. The molecule has 0 aliphatic heterocycles. The van der Waals surface area contributed by atoms with E-state index in [4.69, 9.17) is 1.41 Å². The van der Waals surface area contributed by atoms with Crippen molar-refractivity contribution in [3.05, 3.63) is 6.92 Å². The molecule has 0 aliphatic rings. The molecule has 21 heavy (non-hydrogen) atoms. The molecule has 0 saturated carbocycles. The van der Waals surface area contributed by atoms with E-state index in [2.05, 4.69) is 114 Å². The van der Waals surface area contributed by atoms with Crippen molar-refractivity contribution in [2.24, 2.45) is 0 Å². The molecule has 1 nitrogen and oxygen atoms in total. The van der Waals surface area contributed by atoms with Crippen LogP contribution in [0.25, 0.3) is 0 Å². The van der Waals surface area contributed by atoms with Crippen LogP contribution in [0.1, 0.15) is 0 Å². The van der Waals surface area contributed by atoms with Gasteiger partial charge < -0.3 is 0 Å². The van der Waals surface area contributed by atoms with Crippen LogP contribution < -0.4 is 3.52 Å². The molecule has 2 heteroatoms. The summed E-state index contributed by atoms with van der Waals surface area (Å²) in [6.45, 7) is 3.30. The third kappa shape index (κ3) is 16.4. The zero-order valence-corrected chi connectivity index (χ0v) is 12.7. The van der Waals surface area contributed by atoms with Gasteiger partial charge in [-0.1, -0.05) is 0 Å². The Hall–Kier alpha value is -3.56. The predicted octanol–water partition coefficient (Wildman–Crippen LogP) is 0.748. The van der Waals surface area contributed by atoms with Crippen molar-refractivity contribution in [2.45, 2.75) is 0 Å². The topological polar surface area (TPSA) is 12.0 Å². The van der Waals surface area contributed by atoms with E-state index in [9.17, 15) is 0 Å². The Morgan fingerprint density at radius 1 is 0.571 bits per heavy atom. The fraction of sp³-hybridized carbons (Fsp3) is 0. The Balaban J connectivity index is 4.35. The summed E-state index contributed by atoms with van der Waals surface area (Å²) in [5, 5.41) is 0. The molecule has 0 unspecified atom stereocenters. The first kappa shape index (κ1) is 15.5. The lowest BCUT2D eigenvalue weighted by molar-refractivity contribution is 1.61. The molecule has 0 amide bonds. The minimum Gasteiger partial charge on any atom is -0.287 e. The molecule has 0 fully saturated rings. The molecule has 0 rings (SSSR count). The van der Waals surface area contributed by atoms with Crippen LogP contribution in [0.4, 0.5) is 0 Å². The summed E-state index contributed by atoms with van der Waals surface area (Å²) in [5.74, 6) is 41.9. The van der Waals surface area contributed by atoms with Crippen molar-refractivity contribution in [1.29, 1.82) is 0 Å². The molecule has 0 aromatic rings. The van der Waals surface area contributed by atoms with Crippen LogP contribution in [-0.4, -0.2) is 0 Å². The third-order valence-corrected chi connectivity index (χ3v) is 1.37. The van der Waals surface area contributed by atoms with E-state index in [1.165, 1.54) is 0 Å². The van der Waals surface area contributed by atoms with Gasteiger partial charge in [0.25, 0.3) is 0 Å². The second-order valence-corrected chi connectivity index (χ2v) is 2.86. The van der Waals surface area contributed by atoms with Gasteiger partial charge in [0.2, 0.25) is 0 Å². The monoisotopic (exact) mass is 374 g/mol. The minimum absolute atomic E-state index is 0.921. The first-order valence-corrected chi connectivity index (χ1v) is 5.96. The third-order valence-electron chi connectivity index (χ3n) is 1.12. The zero-order valence-electron chi connectivity index (χ0n) is 11.5. The van der Waals surface area contributed by atoms with Gasteiger partial charge >= 0.3 is 0 Å². The van der Waals surface area contributed by atoms with E-state index in [-0.39, 0.29) is 0 Å². The lowest BCUT2D eigenvalue weighted by Gasteiger charge is -1.65. The van der Waals surface area contributed by atoms with E-state index in [0.717, 1.165) is 3.52 Å². The van der Waals surface area contributed by atoms with Crippen LogP contribution in [-0.2, 0) is 0 Å². The van der Waals surface area contributed by atoms with Crippen LogP contribution in [0.2, 0.25) is 1.41 Å². The second kappa shape index (κ2) is 16.4. The summed E-state index contributed by atoms with van der Waals surface area (Å²) in [5.41, 5.74) is 0. The van der Waals surface area contributed by atoms with Gasteiger partial charge in [-0.15, -0.1) is 5.92 Å². The number of halogens is 1. The maximum Gasteiger partial charge on any atom is 0.183 e. The molecule has 0 atom stereocenters. The molecule has 0 aliphatic carbocycles. The quantitative estimate of drug-likeness (QED) is 0.217. The molecular weight excluding hydrogens is 369 g/mol. The minimum atomic E-state index is 0.921. The van der Waals surface area contributed by atoms with Crippen LogP contribution in [0.5, 0.6) is 0 Å². The highest BCUT2D eigenvalue weighted by molar-refractivity contribution is 14.1. The molecule has 1 N–H and O–H groups in total. The Labute approximate surface area is 141 Å². The average Bonchev–Trinajstić information content (AvgIpc) is 2.50. The molecule has 0 aromatic carbocycles. The Kier molecular flexibility index (Phi) is 12.1. The number of hydrogen-bond acceptors (Lipinski definition) is 1. The van der Waals surface area contributed by atoms with Gasteiger partial charge in [0.05, 0.1) is 22.9 Å². The van der Waals surface area contributed by atoms with Gasteiger partial charge in [0.1, 0.15) is 0 Å². The summed E-state index contributed by atoms with van der Waals surface area (Å²) in [6, 6.07) is 2.39. The summed E-state index contributed by atoms with van der Waals surface area (Å²) >= 11 is 1.70. The van der Waals surface area contributed by atoms with Gasteiger partial charge in [-0.3, -0.25) is 9.44 Å². The van der Waals surface area contributed by atoms with E-state index in [1.807, 2.05) is 0 Å². The molecule has 0 aromatic heterocycles. The second-order valence-electron chi connectivity index (χ2n) is 2.37. The highest BCUT2D eigenvalue weighted by atomic mass is 127. The predicted molar refractivity (Wildman–Crippen MR) is 92.5 cm³/mol. The van der Waals surface area contributed by atoms with Crippen LogP contribution in [0.15, 0.2) is 0 Å². The molecule has 0 bridgehead atoms. The zero-order chi connectivity index (χ0) is 16.3. The van der Waals surface area contributed by atoms with Crippen molar-refractivity contribution >= 4 is 22.9 Å². The Morgan fingerprint density at radius 3 is 1.14 bits per heavy atom. The van der Waals surface area contributed by atoms with Gasteiger partial charge in [0, 0.05) is 47.5 Å². The number of rotatable bonds is 0. The van der Waals surface area contributed by atoms with Crippen LogP contribution in [0, 0.1) is 114 Å². The molecule has 92 valence electrons. The fourth-order valence-electron chi connectivity index (χ4n) is 0.531. The van der Waals surface area contributed by atoms with E-state index in [0.29, 0.717) is 0 Å². The largest absolute Gasteiger partial charge is 0.287 e. The van der Waals surface area contributed by atoms with E-state index < -0.39 is 0 Å².